The smallest absolute Gasteiger partial charge is 0.264 e. The van der Waals surface area contributed by atoms with Gasteiger partial charge in [-0.1, -0.05) is 55.3 Å². The Hall–Kier alpha value is -4.77. The van der Waals surface area contributed by atoms with Crippen molar-refractivity contribution in [3.63, 3.8) is 0 Å². The van der Waals surface area contributed by atoms with Gasteiger partial charge in [-0.05, 0) is 91.6 Å². The molecule has 5 rings (SSSR count). The van der Waals surface area contributed by atoms with E-state index in [9.17, 15) is 26.8 Å². The maximum atomic E-state index is 14.6. The predicted octanol–water partition coefficient (Wildman–Crippen LogP) is 6.26. The van der Waals surface area contributed by atoms with Gasteiger partial charge in [-0.15, -0.1) is 0 Å². The number of halogens is 2. The lowest BCUT2D eigenvalue weighted by molar-refractivity contribution is -0.140. The number of ether oxygens (including phenoxy) is 1. The normalized spacial score (nSPS) is 13.9. The van der Waals surface area contributed by atoms with Gasteiger partial charge in [-0.25, -0.2) is 17.2 Å². The Labute approximate surface area is 280 Å². The van der Waals surface area contributed by atoms with Crippen molar-refractivity contribution < 1.29 is 31.5 Å². The lowest BCUT2D eigenvalue weighted by Crippen LogP contribution is -2.54. The molecule has 11 heteroatoms. The van der Waals surface area contributed by atoms with Crippen LogP contribution in [0, 0.1) is 11.6 Å². The number of amides is 2. The topological polar surface area (TPSA) is 96.0 Å². The first-order valence-electron chi connectivity index (χ1n) is 16.0. The third-order valence-corrected chi connectivity index (χ3v) is 10.1. The summed E-state index contributed by atoms with van der Waals surface area (Å²) in [6, 6.07) is 24.4. The molecule has 1 atom stereocenters. The minimum absolute atomic E-state index is 0.0299. The molecule has 0 aliphatic heterocycles. The number of benzene rings is 4. The van der Waals surface area contributed by atoms with Gasteiger partial charge in [-0.2, -0.15) is 0 Å². The lowest BCUT2D eigenvalue weighted by atomic mass is 10.0. The van der Waals surface area contributed by atoms with Crippen LogP contribution in [0.15, 0.2) is 108 Å². The Kier molecular flexibility index (Phi) is 11.4. The van der Waals surface area contributed by atoms with Crippen molar-refractivity contribution in [2.45, 2.75) is 62.6 Å². The van der Waals surface area contributed by atoms with Crippen molar-refractivity contribution in [3.8, 4) is 5.75 Å². The minimum atomic E-state index is -4.40. The molecule has 48 heavy (non-hydrogen) atoms. The van der Waals surface area contributed by atoms with Gasteiger partial charge in [0, 0.05) is 19.0 Å². The number of nitrogens with zero attached hydrogens (tertiary/aromatic N) is 2. The van der Waals surface area contributed by atoms with Gasteiger partial charge in [0.15, 0.2) is 0 Å². The fraction of sp³-hybridized carbons (Fsp3) is 0.297. The highest BCUT2D eigenvalue weighted by molar-refractivity contribution is 7.92. The minimum Gasteiger partial charge on any atom is -0.494 e. The largest absolute Gasteiger partial charge is 0.494 e. The summed E-state index contributed by atoms with van der Waals surface area (Å²) in [7, 11) is -4.40. The van der Waals surface area contributed by atoms with E-state index < -0.39 is 40.2 Å². The monoisotopic (exact) mass is 675 g/mol. The number of carbonyl (C=O) groups is 2. The summed E-state index contributed by atoms with van der Waals surface area (Å²) in [5, 5.41) is 3.12. The molecule has 0 saturated heterocycles. The molecule has 8 nitrogen and oxygen atoms in total. The van der Waals surface area contributed by atoms with Crippen molar-refractivity contribution in [1.82, 2.24) is 10.2 Å². The van der Waals surface area contributed by atoms with Gasteiger partial charge >= 0.3 is 0 Å². The average Bonchev–Trinajstić information content (AvgIpc) is 3.60. The Bertz CT molecular complexity index is 1760. The molecular formula is C37H39F2N3O5S. The van der Waals surface area contributed by atoms with Crippen LogP contribution in [0.3, 0.4) is 0 Å². The second-order valence-corrected chi connectivity index (χ2v) is 13.6. The van der Waals surface area contributed by atoms with E-state index in [1.807, 2.05) is 37.3 Å². The molecule has 1 saturated carbocycles. The molecule has 0 radical (unpaired) electrons. The molecule has 2 amide bonds. The fourth-order valence-electron chi connectivity index (χ4n) is 5.85. The van der Waals surface area contributed by atoms with Gasteiger partial charge < -0.3 is 15.0 Å². The highest BCUT2D eigenvalue weighted by Gasteiger charge is 2.35. The second kappa shape index (κ2) is 15.9. The van der Waals surface area contributed by atoms with Crippen LogP contribution in [-0.2, 0) is 32.6 Å². The van der Waals surface area contributed by atoms with E-state index in [4.69, 9.17) is 4.74 Å². The van der Waals surface area contributed by atoms with Gasteiger partial charge in [0.25, 0.3) is 10.0 Å². The summed E-state index contributed by atoms with van der Waals surface area (Å²) in [4.78, 5) is 29.8. The second-order valence-electron chi connectivity index (χ2n) is 11.7. The van der Waals surface area contributed by atoms with Gasteiger partial charge in [0.05, 0.1) is 17.2 Å². The molecule has 0 unspecified atom stereocenters. The summed E-state index contributed by atoms with van der Waals surface area (Å²) in [6.07, 6.45) is 3.81. The Morgan fingerprint density at radius 2 is 1.44 bits per heavy atom. The molecule has 1 N–H and O–H groups in total. The lowest BCUT2D eigenvalue weighted by Gasteiger charge is -2.34. The summed E-state index contributed by atoms with van der Waals surface area (Å²) in [6.45, 7) is 1.47. The molecule has 4 aromatic rings. The summed E-state index contributed by atoms with van der Waals surface area (Å²) < 4.78 is 62.4. The maximum absolute atomic E-state index is 14.6. The SMILES string of the molecule is CCOc1ccc(N(CC(=O)N(Cc2ccc(F)cc2)[C@H](Cc2ccccc2)C(=O)NC2CCCC2)S(=O)(=O)c2ccc(F)cc2)cc1. The van der Waals surface area contributed by atoms with Crippen LogP contribution in [0.25, 0.3) is 0 Å². The number of carbonyl (C=O) groups excluding carboxylic acids is 2. The summed E-state index contributed by atoms with van der Waals surface area (Å²) in [5.74, 6) is -1.56. The van der Waals surface area contributed by atoms with Crippen LogP contribution in [0.1, 0.15) is 43.7 Å². The fourth-order valence-corrected chi connectivity index (χ4v) is 7.26. The number of sulfonamides is 1. The van der Waals surface area contributed by atoms with Gasteiger partial charge in [0.1, 0.15) is 30.0 Å². The van der Waals surface area contributed by atoms with Crippen molar-refractivity contribution in [2.75, 3.05) is 17.5 Å². The number of anilines is 1. The van der Waals surface area contributed by atoms with Crippen molar-refractivity contribution in [2.24, 2.45) is 0 Å². The van der Waals surface area contributed by atoms with Crippen molar-refractivity contribution in [3.05, 3.63) is 126 Å². The standard InChI is InChI=1S/C37H39F2N3O5S/c1-2-47-33-20-18-32(19-21-33)42(48(45,46)34-22-16-30(39)17-23-34)26-36(43)41(25-28-12-14-29(38)15-13-28)35(24-27-8-4-3-5-9-27)37(44)40-31-10-6-7-11-31/h3-5,8-9,12-23,31,35H,2,6-7,10-11,24-26H2,1H3,(H,40,44)/t35-/m1/s1. The third-order valence-electron chi connectivity index (χ3n) is 8.36. The molecule has 1 aliphatic carbocycles. The molecule has 1 aliphatic rings. The van der Waals surface area contributed by atoms with Crippen LogP contribution in [0.2, 0.25) is 0 Å². The molecular weight excluding hydrogens is 636 g/mol. The predicted molar refractivity (Wildman–Crippen MR) is 180 cm³/mol. The first-order valence-corrected chi connectivity index (χ1v) is 17.5. The zero-order valence-corrected chi connectivity index (χ0v) is 27.5. The number of rotatable bonds is 14. The first kappa shape index (κ1) is 34.6. The van der Waals surface area contributed by atoms with Crippen LogP contribution >= 0.6 is 0 Å². The van der Waals surface area contributed by atoms with E-state index in [1.54, 1.807) is 12.1 Å². The van der Waals surface area contributed by atoms with Crippen molar-refractivity contribution in [1.29, 1.82) is 0 Å². The number of hydrogen-bond donors (Lipinski definition) is 1. The van der Waals surface area contributed by atoms with Gasteiger partial charge in [-0.3, -0.25) is 13.9 Å². The molecule has 0 spiro atoms. The molecule has 0 aromatic heterocycles. The quantitative estimate of drug-likeness (QED) is 0.170. The molecule has 0 heterocycles. The van der Waals surface area contributed by atoms with Crippen LogP contribution < -0.4 is 14.4 Å². The molecule has 0 bridgehead atoms. The summed E-state index contributed by atoms with van der Waals surface area (Å²) >= 11 is 0. The van der Waals surface area contributed by atoms with Crippen molar-refractivity contribution >= 4 is 27.5 Å². The maximum Gasteiger partial charge on any atom is 0.264 e. The molecule has 1 fully saturated rings. The van der Waals surface area contributed by atoms with E-state index in [0.717, 1.165) is 59.8 Å². The van der Waals surface area contributed by atoms with E-state index in [1.165, 1.54) is 41.3 Å². The number of hydrogen-bond acceptors (Lipinski definition) is 5. The average molecular weight is 676 g/mol. The molecule has 252 valence electrons. The summed E-state index contributed by atoms with van der Waals surface area (Å²) in [5.41, 5.74) is 1.54. The van der Waals surface area contributed by atoms with Gasteiger partial charge in [0.2, 0.25) is 11.8 Å². The molecule has 4 aromatic carbocycles. The van der Waals surface area contributed by atoms with Crippen LogP contribution in [-0.4, -0.2) is 50.4 Å². The van der Waals surface area contributed by atoms with Crippen LogP contribution in [0.4, 0.5) is 14.5 Å². The zero-order chi connectivity index (χ0) is 34.1. The van der Waals surface area contributed by atoms with Crippen LogP contribution in [0.5, 0.6) is 5.75 Å². The van der Waals surface area contributed by atoms with E-state index in [0.29, 0.717) is 17.9 Å². The van der Waals surface area contributed by atoms with E-state index in [-0.39, 0.29) is 35.5 Å². The zero-order valence-electron chi connectivity index (χ0n) is 26.7. The van der Waals surface area contributed by atoms with E-state index in [2.05, 4.69) is 5.32 Å². The number of nitrogens with one attached hydrogen (secondary N) is 1. The Morgan fingerprint density at radius 3 is 2.04 bits per heavy atom. The highest BCUT2D eigenvalue weighted by Crippen LogP contribution is 2.27. The third kappa shape index (κ3) is 8.77. The highest BCUT2D eigenvalue weighted by atomic mass is 32.2. The Balaban J connectivity index is 1.56. The first-order chi connectivity index (χ1) is 23.1. The Morgan fingerprint density at radius 1 is 0.833 bits per heavy atom. The van der Waals surface area contributed by atoms with E-state index >= 15 is 0 Å².